The van der Waals surface area contributed by atoms with Gasteiger partial charge in [0.15, 0.2) is 0 Å². The van der Waals surface area contributed by atoms with Gasteiger partial charge in [-0.3, -0.25) is 4.98 Å². The molecule has 1 saturated heterocycles. The second kappa shape index (κ2) is 4.83. The lowest BCUT2D eigenvalue weighted by molar-refractivity contribution is 0.0697. The maximum Gasteiger partial charge on any atom is 0.339 e. The van der Waals surface area contributed by atoms with E-state index in [0.717, 1.165) is 23.8 Å². The standard InChI is InChI=1S/C15H20N2O2/c1-10-8-14(12(9-16-10)15(18)19)17-7-3-5-11-4-2-6-13(11)17/h8-9,11,13H,2-7H2,1H3,(H,18,19). The molecule has 19 heavy (non-hydrogen) atoms. The Labute approximate surface area is 113 Å². The number of pyridine rings is 1. The van der Waals surface area contributed by atoms with Crippen molar-refractivity contribution in [3.05, 3.63) is 23.5 Å². The molecule has 4 heteroatoms. The van der Waals surface area contributed by atoms with Crippen LogP contribution in [-0.4, -0.2) is 28.6 Å². The zero-order chi connectivity index (χ0) is 13.4. The molecule has 0 amide bonds. The van der Waals surface area contributed by atoms with Gasteiger partial charge in [-0.2, -0.15) is 0 Å². The number of hydrogen-bond acceptors (Lipinski definition) is 3. The van der Waals surface area contributed by atoms with Gasteiger partial charge in [0, 0.05) is 24.5 Å². The highest BCUT2D eigenvalue weighted by molar-refractivity contribution is 5.94. The van der Waals surface area contributed by atoms with Crippen molar-refractivity contribution in [3.63, 3.8) is 0 Å². The first-order valence-electron chi connectivity index (χ1n) is 7.13. The van der Waals surface area contributed by atoms with Crippen molar-refractivity contribution in [2.75, 3.05) is 11.4 Å². The lowest BCUT2D eigenvalue weighted by atomic mass is 9.91. The summed E-state index contributed by atoms with van der Waals surface area (Å²) in [4.78, 5) is 17.9. The van der Waals surface area contributed by atoms with Crippen LogP contribution in [0.2, 0.25) is 0 Å². The number of hydrogen-bond donors (Lipinski definition) is 1. The number of piperidine rings is 1. The Kier molecular flexibility index (Phi) is 3.17. The second-order valence-electron chi connectivity index (χ2n) is 5.74. The quantitative estimate of drug-likeness (QED) is 0.888. The molecular formula is C15H20N2O2. The van der Waals surface area contributed by atoms with Gasteiger partial charge in [-0.25, -0.2) is 4.79 Å². The van der Waals surface area contributed by atoms with E-state index in [2.05, 4.69) is 9.88 Å². The first-order valence-corrected chi connectivity index (χ1v) is 7.13. The highest BCUT2D eigenvalue weighted by Crippen LogP contribution is 2.40. The van der Waals surface area contributed by atoms with Crippen molar-refractivity contribution in [2.45, 2.75) is 45.1 Å². The SMILES string of the molecule is Cc1cc(N2CCCC3CCCC32)c(C(=O)O)cn1. The topological polar surface area (TPSA) is 53.4 Å². The summed E-state index contributed by atoms with van der Waals surface area (Å²) in [6.45, 7) is 2.90. The zero-order valence-corrected chi connectivity index (χ0v) is 11.3. The van der Waals surface area contributed by atoms with Crippen LogP contribution >= 0.6 is 0 Å². The van der Waals surface area contributed by atoms with Gasteiger partial charge in [-0.05, 0) is 44.6 Å². The smallest absolute Gasteiger partial charge is 0.339 e. The van der Waals surface area contributed by atoms with Crippen molar-refractivity contribution in [1.82, 2.24) is 4.98 Å². The average molecular weight is 260 g/mol. The third-order valence-electron chi connectivity index (χ3n) is 4.55. The molecule has 1 saturated carbocycles. The number of fused-ring (bicyclic) bond motifs is 1. The van der Waals surface area contributed by atoms with E-state index in [1.807, 2.05) is 13.0 Å². The number of anilines is 1. The Hall–Kier alpha value is -1.58. The van der Waals surface area contributed by atoms with Crippen LogP contribution in [-0.2, 0) is 0 Å². The highest BCUT2D eigenvalue weighted by atomic mass is 16.4. The van der Waals surface area contributed by atoms with Crippen LogP contribution < -0.4 is 4.90 Å². The molecule has 2 fully saturated rings. The van der Waals surface area contributed by atoms with Crippen LogP contribution in [0.3, 0.4) is 0 Å². The Morgan fingerprint density at radius 1 is 1.37 bits per heavy atom. The normalized spacial score (nSPS) is 26.3. The fourth-order valence-corrected chi connectivity index (χ4v) is 3.70. The molecule has 0 bridgehead atoms. The van der Waals surface area contributed by atoms with Crippen LogP contribution in [0.25, 0.3) is 0 Å². The summed E-state index contributed by atoms with van der Waals surface area (Å²) in [5.74, 6) is -0.119. The summed E-state index contributed by atoms with van der Waals surface area (Å²) in [6, 6.07) is 2.47. The molecule has 1 N–H and O–H groups in total. The summed E-state index contributed by atoms with van der Waals surface area (Å²) in [7, 11) is 0. The van der Waals surface area contributed by atoms with Crippen molar-refractivity contribution < 1.29 is 9.90 Å². The molecule has 0 spiro atoms. The zero-order valence-electron chi connectivity index (χ0n) is 11.3. The van der Waals surface area contributed by atoms with E-state index in [1.165, 1.54) is 38.3 Å². The Bertz CT molecular complexity index is 501. The van der Waals surface area contributed by atoms with Crippen molar-refractivity contribution >= 4 is 11.7 Å². The number of aromatic nitrogens is 1. The summed E-state index contributed by atoms with van der Waals surface area (Å²) in [6.07, 6.45) is 7.75. The molecule has 0 aromatic carbocycles. The number of aromatic carboxylic acids is 1. The highest BCUT2D eigenvalue weighted by Gasteiger charge is 2.36. The molecule has 1 aliphatic heterocycles. The third-order valence-corrected chi connectivity index (χ3v) is 4.55. The summed E-state index contributed by atoms with van der Waals surface area (Å²) < 4.78 is 0. The van der Waals surface area contributed by atoms with E-state index < -0.39 is 5.97 Å². The maximum atomic E-state index is 11.4. The Balaban J connectivity index is 2.00. The number of nitrogens with zero attached hydrogens (tertiary/aromatic N) is 2. The first-order chi connectivity index (χ1) is 9.16. The Morgan fingerprint density at radius 3 is 2.95 bits per heavy atom. The van der Waals surface area contributed by atoms with Gasteiger partial charge in [0.05, 0.1) is 5.69 Å². The minimum absolute atomic E-state index is 0.346. The molecule has 4 nitrogen and oxygen atoms in total. The van der Waals surface area contributed by atoms with Gasteiger partial charge in [-0.1, -0.05) is 6.42 Å². The van der Waals surface area contributed by atoms with Crippen LogP contribution in [0.15, 0.2) is 12.3 Å². The minimum Gasteiger partial charge on any atom is -0.478 e. The molecule has 102 valence electrons. The predicted molar refractivity (Wildman–Crippen MR) is 73.6 cm³/mol. The lowest BCUT2D eigenvalue weighted by Gasteiger charge is -2.40. The van der Waals surface area contributed by atoms with E-state index >= 15 is 0 Å². The molecule has 2 atom stereocenters. The molecule has 3 rings (SSSR count). The second-order valence-corrected chi connectivity index (χ2v) is 5.74. The van der Waals surface area contributed by atoms with Crippen LogP contribution in [0.4, 0.5) is 5.69 Å². The third kappa shape index (κ3) is 2.20. The number of carboxylic acid groups (broad SMARTS) is 1. The van der Waals surface area contributed by atoms with Gasteiger partial charge >= 0.3 is 5.97 Å². The molecular weight excluding hydrogens is 240 g/mol. The monoisotopic (exact) mass is 260 g/mol. The fraction of sp³-hybridized carbons (Fsp3) is 0.600. The van der Waals surface area contributed by atoms with Gasteiger partial charge in [0.1, 0.15) is 5.56 Å². The molecule has 1 aliphatic carbocycles. The van der Waals surface area contributed by atoms with Gasteiger partial charge < -0.3 is 10.0 Å². The van der Waals surface area contributed by atoms with Gasteiger partial charge in [-0.15, -0.1) is 0 Å². The maximum absolute atomic E-state index is 11.4. The number of aryl methyl sites for hydroxylation is 1. The van der Waals surface area contributed by atoms with Crippen LogP contribution in [0.1, 0.15) is 48.2 Å². The van der Waals surface area contributed by atoms with Crippen LogP contribution in [0, 0.1) is 12.8 Å². The molecule has 2 unspecified atom stereocenters. The summed E-state index contributed by atoms with van der Waals surface area (Å²) in [5, 5.41) is 9.36. The largest absolute Gasteiger partial charge is 0.478 e. The van der Waals surface area contributed by atoms with Gasteiger partial charge in [0.25, 0.3) is 0 Å². The van der Waals surface area contributed by atoms with Crippen molar-refractivity contribution in [1.29, 1.82) is 0 Å². The van der Waals surface area contributed by atoms with E-state index in [-0.39, 0.29) is 0 Å². The van der Waals surface area contributed by atoms with E-state index in [0.29, 0.717) is 11.6 Å². The lowest BCUT2D eigenvalue weighted by Crippen LogP contribution is -2.43. The average Bonchev–Trinajstić information content (AvgIpc) is 2.86. The summed E-state index contributed by atoms with van der Waals surface area (Å²) >= 11 is 0. The molecule has 0 radical (unpaired) electrons. The fourth-order valence-electron chi connectivity index (χ4n) is 3.70. The van der Waals surface area contributed by atoms with E-state index in [4.69, 9.17) is 0 Å². The van der Waals surface area contributed by atoms with Gasteiger partial charge in [0.2, 0.25) is 0 Å². The number of carboxylic acids is 1. The number of rotatable bonds is 2. The van der Waals surface area contributed by atoms with Crippen molar-refractivity contribution in [2.24, 2.45) is 5.92 Å². The Morgan fingerprint density at radius 2 is 2.16 bits per heavy atom. The number of carbonyl (C=O) groups is 1. The van der Waals surface area contributed by atoms with Crippen LogP contribution in [0.5, 0.6) is 0 Å². The molecule has 2 heterocycles. The molecule has 1 aromatic heterocycles. The van der Waals surface area contributed by atoms with E-state index in [1.54, 1.807) is 0 Å². The molecule has 1 aromatic rings. The first kappa shape index (κ1) is 12.5. The predicted octanol–water partition coefficient (Wildman–Crippen LogP) is 2.86. The van der Waals surface area contributed by atoms with E-state index in [9.17, 15) is 9.90 Å². The summed E-state index contributed by atoms with van der Waals surface area (Å²) in [5.41, 5.74) is 2.11. The molecule has 2 aliphatic rings. The van der Waals surface area contributed by atoms with Crippen molar-refractivity contribution in [3.8, 4) is 0 Å². The minimum atomic E-state index is -0.873.